The molecule has 1 aromatic carbocycles. The Kier molecular flexibility index (Phi) is 5.54. The van der Waals surface area contributed by atoms with E-state index in [1.54, 1.807) is 24.0 Å². The van der Waals surface area contributed by atoms with Gasteiger partial charge in [-0.25, -0.2) is 4.79 Å². The number of carbonyl (C=O) groups excluding carboxylic acids is 2. The molecule has 2 rings (SSSR count). The Morgan fingerprint density at radius 2 is 1.92 bits per heavy atom. The van der Waals surface area contributed by atoms with Crippen LogP contribution in [-0.2, 0) is 9.53 Å². The molecule has 1 amide bonds. The minimum absolute atomic E-state index is 0.105. The van der Waals surface area contributed by atoms with E-state index in [2.05, 4.69) is 0 Å². The lowest BCUT2D eigenvalue weighted by Gasteiger charge is -2.38. The first-order valence-corrected chi connectivity index (χ1v) is 8.05. The molecule has 0 N–H and O–H groups in total. The van der Waals surface area contributed by atoms with Crippen LogP contribution in [0.15, 0.2) is 18.2 Å². The molecule has 0 unspecified atom stereocenters. The van der Waals surface area contributed by atoms with Gasteiger partial charge in [-0.05, 0) is 46.1 Å². The Bertz CT molecular complexity index is 648. The maximum atomic E-state index is 12.4. The molecule has 1 fully saturated rings. The van der Waals surface area contributed by atoms with Crippen LogP contribution in [-0.4, -0.2) is 40.4 Å². The number of hydrogen-bond donors (Lipinski definition) is 0. The number of hydrogen-bond acceptors (Lipinski definition) is 5. The van der Waals surface area contributed by atoms with Crippen LogP contribution >= 0.6 is 0 Å². The predicted octanol–water partition coefficient (Wildman–Crippen LogP) is 2.85. The molecule has 1 heterocycles. The number of amides is 1. The maximum Gasteiger partial charge on any atom is 0.345 e. The molecule has 2 atom stereocenters. The zero-order valence-electron chi connectivity index (χ0n) is 14.2. The quantitative estimate of drug-likeness (QED) is 0.480. The van der Waals surface area contributed by atoms with Crippen LogP contribution in [0, 0.1) is 17.0 Å². The number of benzene rings is 1. The number of nitrogens with zero attached hydrogens (tertiary/aromatic N) is 2. The molecular weight excluding hydrogens is 312 g/mol. The van der Waals surface area contributed by atoms with Crippen LogP contribution in [0.25, 0.3) is 0 Å². The largest absolute Gasteiger partial charge is 0.452 e. The van der Waals surface area contributed by atoms with Crippen LogP contribution in [0.4, 0.5) is 5.69 Å². The highest BCUT2D eigenvalue weighted by Crippen LogP contribution is 2.25. The summed E-state index contributed by atoms with van der Waals surface area (Å²) in [6.07, 6.45) is 2.92. The molecule has 0 spiro atoms. The van der Waals surface area contributed by atoms with Crippen LogP contribution in [0.2, 0.25) is 0 Å². The summed E-state index contributed by atoms with van der Waals surface area (Å²) in [5.41, 5.74) is -0.0405. The highest BCUT2D eigenvalue weighted by atomic mass is 16.6. The molecule has 1 saturated heterocycles. The van der Waals surface area contributed by atoms with Crippen LogP contribution in [0.3, 0.4) is 0 Å². The zero-order chi connectivity index (χ0) is 17.9. The summed E-state index contributed by atoms with van der Waals surface area (Å²) in [6.45, 7) is 5.09. The second-order valence-corrected chi connectivity index (χ2v) is 6.23. The Labute approximate surface area is 140 Å². The summed E-state index contributed by atoms with van der Waals surface area (Å²) < 4.78 is 5.05. The highest BCUT2D eigenvalue weighted by Gasteiger charge is 2.30. The number of aryl methyl sites for hydroxylation is 1. The van der Waals surface area contributed by atoms with E-state index in [-0.39, 0.29) is 29.2 Å². The molecule has 0 bridgehead atoms. The lowest BCUT2D eigenvalue weighted by Crippen LogP contribution is -2.49. The van der Waals surface area contributed by atoms with E-state index in [0.29, 0.717) is 5.56 Å². The van der Waals surface area contributed by atoms with Gasteiger partial charge in [0, 0.05) is 17.6 Å². The van der Waals surface area contributed by atoms with Crippen molar-refractivity contribution in [2.24, 2.45) is 0 Å². The normalized spacial score (nSPS) is 20.5. The molecule has 1 aromatic rings. The third-order valence-electron chi connectivity index (χ3n) is 4.45. The van der Waals surface area contributed by atoms with Gasteiger partial charge in [0.2, 0.25) is 0 Å². The van der Waals surface area contributed by atoms with Crippen molar-refractivity contribution in [1.29, 1.82) is 0 Å². The minimum atomic E-state index is -0.851. The third-order valence-corrected chi connectivity index (χ3v) is 4.45. The lowest BCUT2D eigenvalue weighted by atomic mass is 9.97. The standard InChI is InChI=1S/C17H22N2O5/c1-11-6-4-9-14(16(11)19(22)23)17(21)24-10-15(20)18-12(2)7-5-8-13(18)3/h4,6,9,12-13H,5,7-8,10H2,1-3H3/t12-,13+. The van der Waals surface area contributed by atoms with Gasteiger partial charge in [-0.3, -0.25) is 14.9 Å². The van der Waals surface area contributed by atoms with Crippen molar-refractivity contribution >= 4 is 17.6 Å². The van der Waals surface area contributed by atoms with Gasteiger partial charge in [0.05, 0.1) is 4.92 Å². The molecule has 7 heteroatoms. The van der Waals surface area contributed by atoms with E-state index in [1.807, 2.05) is 13.8 Å². The highest BCUT2D eigenvalue weighted by molar-refractivity contribution is 5.95. The van der Waals surface area contributed by atoms with Crippen molar-refractivity contribution in [2.75, 3.05) is 6.61 Å². The van der Waals surface area contributed by atoms with E-state index in [9.17, 15) is 19.7 Å². The Morgan fingerprint density at radius 1 is 1.29 bits per heavy atom. The Hall–Kier alpha value is -2.44. The average Bonchev–Trinajstić information content (AvgIpc) is 2.51. The Morgan fingerprint density at radius 3 is 2.50 bits per heavy atom. The molecule has 0 saturated carbocycles. The molecule has 7 nitrogen and oxygen atoms in total. The fourth-order valence-electron chi connectivity index (χ4n) is 3.26. The van der Waals surface area contributed by atoms with Crippen LogP contribution < -0.4 is 0 Å². The fourth-order valence-corrected chi connectivity index (χ4v) is 3.26. The number of nitro groups is 1. The summed E-state index contributed by atoms with van der Waals surface area (Å²) in [5, 5.41) is 11.1. The predicted molar refractivity (Wildman–Crippen MR) is 87.7 cm³/mol. The van der Waals surface area contributed by atoms with Gasteiger partial charge in [0.1, 0.15) is 5.56 Å². The average molecular weight is 334 g/mol. The number of nitro benzene ring substituents is 1. The summed E-state index contributed by atoms with van der Waals surface area (Å²) in [7, 11) is 0. The van der Waals surface area contributed by atoms with Crippen molar-refractivity contribution in [1.82, 2.24) is 4.90 Å². The van der Waals surface area contributed by atoms with Crippen molar-refractivity contribution in [3.63, 3.8) is 0 Å². The van der Waals surface area contributed by atoms with Gasteiger partial charge in [-0.15, -0.1) is 0 Å². The van der Waals surface area contributed by atoms with Crippen molar-refractivity contribution in [3.8, 4) is 0 Å². The van der Waals surface area contributed by atoms with Gasteiger partial charge in [0.15, 0.2) is 6.61 Å². The SMILES string of the molecule is Cc1cccc(C(=O)OCC(=O)N2[C@H](C)CCC[C@@H]2C)c1[N+](=O)[O-]. The summed E-state index contributed by atoms with van der Waals surface area (Å²) in [4.78, 5) is 36.8. The van der Waals surface area contributed by atoms with Gasteiger partial charge < -0.3 is 9.64 Å². The summed E-state index contributed by atoms with van der Waals surface area (Å²) >= 11 is 0. The number of piperidine rings is 1. The van der Waals surface area contributed by atoms with Gasteiger partial charge >= 0.3 is 5.97 Å². The fraction of sp³-hybridized carbons (Fsp3) is 0.529. The number of ether oxygens (including phenoxy) is 1. The molecule has 1 aliphatic heterocycles. The third kappa shape index (κ3) is 3.72. The van der Waals surface area contributed by atoms with Gasteiger partial charge in [0.25, 0.3) is 11.6 Å². The molecule has 0 aromatic heterocycles. The van der Waals surface area contributed by atoms with Crippen LogP contribution in [0.5, 0.6) is 0 Å². The Balaban J connectivity index is 2.07. The first-order valence-electron chi connectivity index (χ1n) is 8.05. The molecule has 0 aliphatic carbocycles. The van der Waals surface area contributed by atoms with Crippen molar-refractivity contribution in [2.45, 2.75) is 52.1 Å². The zero-order valence-corrected chi connectivity index (χ0v) is 14.2. The lowest BCUT2D eigenvalue weighted by molar-refractivity contribution is -0.385. The van der Waals surface area contributed by atoms with E-state index >= 15 is 0 Å². The second kappa shape index (κ2) is 7.42. The van der Waals surface area contributed by atoms with E-state index < -0.39 is 17.5 Å². The molecule has 130 valence electrons. The van der Waals surface area contributed by atoms with E-state index in [1.165, 1.54) is 6.07 Å². The van der Waals surface area contributed by atoms with Gasteiger partial charge in [-0.1, -0.05) is 12.1 Å². The van der Waals surface area contributed by atoms with Crippen molar-refractivity contribution < 1.29 is 19.2 Å². The maximum absolute atomic E-state index is 12.4. The molecule has 1 aliphatic rings. The minimum Gasteiger partial charge on any atom is -0.452 e. The smallest absolute Gasteiger partial charge is 0.345 e. The number of likely N-dealkylation sites (tertiary alicyclic amines) is 1. The number of para-hydroxylation sites is 1. The monoisotopic (exact) mass is 334 g/mol. The van der Waals surface area contributed by atoms with E-state index in [0.717, 1.165) is 19.3 Å². The van der Waals surface area contributed by atoms with Crippen LogP contribution in [0.1, 0.15) is 49.0 Å². The van der Waals surface area contributed by atoms with Gasteiger partial charge in [-0.2, -0.15) is 0 Å². The molecule has 24 heavy (non-hydrogen) atoms. The first kappa shape index (κ1) is 17.9. The summed E-state index contributed by atoms with van der Waals surface area (Å²) in [6, 6.07) is 4.65. The summed E-state index contributed by atoms with van der Waals surface area (Å²) in [5.74, 6) is -1.12. The number of esters is 1. The second-order valence-electron chi connectivity index (χ2n) is 6.23. The number of rotatable bonds is 4. The van der Waals surface area contributed by atoms with Crippen molar-refractivity contribution in [3.05, 3.63) is 39.4 Å². The topological polar surface area (TPSA) is 89.8 Å². The first-order chi connectivity index (χ1) is 11.3. The molecule has 0 radical (unpaired) electrons. The number of carbonyl (C=O) groups is 2. The molecular formula is C17H22N2O5. The van der Waals surface area contributed by atoms with E-state index in [4.69, 9.17) is 4.74 Å².